The number of alkyl halides is 3. The third-order valence-corrected chi connectivity index (χ3v) is 7.87. The van der Waals surface area contributed by atoms with E-state index in [-0.39, 0.29) is 16.8 Å². The molecular weight excluding hydrogens is 539 g/mol. The minimum Gasteiger partial charge on any atom is -0.359 e. The minimum atomic E-state index is -5.04. The number of hydrogen-bond donors (Lipinski definition) is 3. The first kappa shape index (κ1) is 26.3. The highest BCUT2D eigenvalue weighted by atomic mass is 35.5. The molecule has 14 heteroatoms. The van der Waals surface area contributed by atoms with Gasteiger partial charge in [0, 0.05) is 29.5 Å². The highest BCUT2D eigenvalue weighted by molar-refractivity contribution is 8.00. The number of rotatable bonds is 4. The number of hydrogen-bond acceptors (Lipinski definition) is 5. The van der Waals surface area contributed by atoms with Gasteiger partial charge in [0.1, 0.15) is 6.04 Å². The van der Waals surface area contributed by atoms with Crippen molar-refractivity contribution in [2.45, 2.75) is 36.4 Å². The third kappa shape index (κ3) is 5.47. The average molecular weight is 560 g/mol. The standard InChI is InChI=1S/C22H21ClF3N5O3S2/c23-14-3-8-17-13(12-14)2-1-10-31(17)18-9-11-30(19(18)32)15-4-6-16(7-5-15)36(33,34)29-21(35)28-20(27)22(24,25)26/h3-8,12,18H,1-2,9-11H2,(H3,27,28,29,35)/t18-/m0/s1. The van der Waals surface area contributed by atoms with Crippen LogP contribution in [0.3, 0.4) is 0 Å². The first-order chi connectivity index (χ1) is 16.9. The number of amides is 1. The summed E-state index contributed by atoms with van der Waals surface area (Å²) < 4.78 is 64.1. The smallest absolute Gasteiger partial charge is 0.359 e. The molecular formula is C22H21ClF3N5O3S2. The Balaban J connectivity index is 1.48. The number of carbonyl (C=O) groups excluding carboxylic acids is 1. The molecule has 36 heavy (non-hydrogen) atoms. The number of nitrogens with one attached hydrogen (secondary N) is 2. The van der Waals surface area contributed by atoms with Gasteiger partial charge in [-0.15, -0.1) is 12.6 Å². The summed E-state index contributed by atoms with van der Waals surface area (Å²) in [6, 6.07) is 10.6. The van der Waals surface area contributed by atoms with Crippen molar-refractivity contribution in [1.82, 2.24) is 4.72 Å². The van der Waals surface area contributed by atoms with Crippen LogP contribution in [0.15, 0.2) is 52.4 Å². The largest absolute Gasteiger partial charge is 0.451 e. The first-order valence-electron chi connectivity index (χ1n) is 10.8. The topological polar surface area (TPSA) is 106 Å². The van der Waals surface area contributed by atoms with Crippen LogP contribution in [-0.4, -0.2) is 50.6 Å². The molecule has 4 rings (SSSR count). The van der Waals surface area contributed by atoms with Gasteiger partial charge in [0.25, 0.3) is 10.0 Å². The van der Waals surface area contributed by atoms with Crippen LogP contribution in [0.25, 0.3) is 0 Å². The van der Waals surface area contributed by atoms with Crippen molar-refractivity contribution in [3.8, 4) is 0 Å². The number of aryl methyl sites for hydroxylation is 1. The minimum absolute atomic E-state index is 0.109. The van der Waals surface area contributed by atoms with E-state index in [1.165, 1.54) is 24.3 Å². The predicted octanol–water partition coefficient (Wildman–Crippen LogP) is 4.00. The van der Waals surface area contributed by atoms with E-state index in [1.807, 2.05) is 12.1 Å². The number of benzene rings is 2. The molecule has 0 bridgehead atoms. The van der Waals surface area contributed by atoms with Gasteiger partial charge < -0.3 is 9.80 Å². The van der Waals surface area contributed by atoms with Gasteiger partial charge in [-0.1, -0.05) is 11.6 Å². The number of carbonyl (C=O) groups is 1. The van der Waals surface area contributed by atoms with Crippen molar-refractivity contribution >= 4 is 62.5 Å². The highest BCUT2D eigenvalue weighted by Gasteiger charge is 2.38. The summed E-state index contributed by atoms with van der Waals surface area (Å²) in [5, 5.41) is 6.57. The maximum Gasteiger partial charge on any atom is 0.451 e. The Kier molecular flexibility index (Phi) is 7.26. The second kappa shape index (κ2) is 9.94. The summed E-state index contributed by atoms with van der Waals surface area (Å²) in [7, 11) is -4.31. The quantitative estimate of drug-likeness (QED) is 0.299. The van der Waals surface area contributed by atoms with Gasteiger partial charge in [0.2, 0.25) is 11.7 Å². The zero-order valence-electron chi connectivity index (χ0n) is 18.6. The SMILES string of the molecule is N=C(/N=C(\S)NS(=O)(=O)c1ccc(N2CC[C@H](N3CCCc4cc(Cl)ccc43)C2=O)cc1)C(F)(F)F. The van der Waals surface area contributed by atoms with Gasteiger partial charge in [-0.3, -0.25) is 14.9 Å². The monoisotopic (exact) mass is 559 g/mol. The summed E-state index contributed by atoms with van der Waals surface area (Å²) >= 11 is 9.71. The lowest BCUT2D eigenvalue weighted by atomic mass is 9.99. The van der Waals surface area contributed by atoms with Gasteiger partial charge in [-0.05, 0) is 67.3 Å². The third-order valence-electron chi connectivity index (χ3n) is 5.92. The fourth-order valence-electron chi connectivity index (χ4n) is 4.31. The van der Waals surface area contributed by atoms with E-state index < -0.39 is 27.2 Å². The second-order valence-corrected chi connectivity index (χ2v) is 10.8. The lowest BCUT2D eigenvalue weighted by molar-refractivity contribution is -0.118. The molecule has 1 fully saturated rings. The molecule has 0 aromatic heterocycles. The van der Waals surface area contributed by atoms with Gasteiger partial charge in [-0.2, -0.15) is 13.2 Å². The second-order valence-electron chi connectivity index (χ2n) is 8.25. The van der Waals surface area contributed by atoms with E-state index in [1.54, 1.807) is 15.7 Å². The summed E-state index contributed by atoms with van der Waals surface area (Å²) in [5.41, 5.74) is 2.58. The van der Waals surface area contributed by atoms with E-state index in [4.69, 9.17) is 17.0 Å². The van der Waals surface area contributed by atoms with Crippen LogP contribution < -0.4 is 14.5 Å². The average Bonchev–Trinajstić information content (AvgIpc) is 3.18. The number of anilines is 2. The van der Waals surface area contributed by atoms with Crippen molar-refractivity contribution in [2.75, 3.05) is 22.9 Å². The van der Waals surface area contributed by atoms with Crippen molar-refractivity contribution < 1.29 is 26.4 Å². The van der Waals surface area contributed by atoms with Gasteiger partial charge in [0.15, 0.2) is 5.17 Å². The van der Waals surface area contributed by atoms with Crippen molar-refractivity contribution in [3.05, 3.63) is 53.1 Å². The van der Waals surface area contributed by atoms with Crippen LogP contribution in [0, 0.1) is 5.41 Å². The fourth-order valence-corrected chi connectivity index (χ4v) is 5.86. The van der Waals surface area contributed by atoms with Crippen LogP contribution in [0.1, 0.15) is 18.4 Å². The molecule has 192 valence electrons. The van der Waals surface area contributed by atoms with Crippen molar-refractivity contribution in [1.29, 1.82) is 5.41 Å². The molecule has 2 N–H and O–H groups in total. The van der Waals surface area contributed by atoms with E-state index in [9.17, 15) is 26.4 Å². The maximum atomic E-state index is 13.3. The van der Waals surface area contributed by atoms with Gasteiger partial charge in [-0.25, -0.2) is 13.4 Å². The lowest BCUT2D eigenvalue weighted by Gasteiger charge is -2.35. The Bertz CT molecular complexity index is 1330. The Hall–Kier alpha value is -2.77. The van der Waals surface area contributed by atoms with Crippen LogP contribution in [-0.2, 0) is 21.2 Å². The molecule has 0 saturated carbocycles. The molecule has 2 heterocycles. The van der Waals surface area contributed by atoms with Crippen LogP contribution in [0.2, 0.25) is 5.02 Å². The number of thiol groups is 1. The Morgan fingerprint density at radius 3 is 2.53 bits per heavy atom. The Labute approximate surface area is 216 Å². The van der Waals surface area contributed by atoms with Crippen LogP contribution in [0.4, 0.5) is 24.5 Å². The number of amidine groups is 2. The van der Waals surface area contributed by atoms with Crippen molar-refractivity contribution in [3.63, 3.8) is 0 Å². The zero-order valence-corrected chi connectivity index (χ0v) is 21.1. The van der Waals surface area contributed by atoms with E-state index in [0.717, 1.165) is 30.6 Å². The molecule has 1 atom stereocenters. The number of sulfonamides is 1. The molecule has 2 aromatic carbocycles. The Morgan fingerprint density at radius 1 is 1.17 bits per heavy atom. The normalized spacial score (nSPS) is 18.9. The number of nitrogens with zero attached hydrogens (tertiary/aromatic N) is 3. The molecule has 2 aliphatic heterocycles. The lowest BCUT2D eigenvalue weighted by Crippen LogP contribution is -2.44. The van der Waals surface area contributed by atoms with Gasteiger partial charge in [0.05, 0.1) is 4.90 Å². The van der Waals surface area contributed by atoms with Crippen LogP contribution in [0.5, 0.6) is 0 Å². The maximum absolute atomic E-state index is 13.3. The molecule has 0 unspecified atom stereocenters. The van der Waals surface area contributed by atoms with E-state index in [2.05, 4.69) is 22.5 Å². The summed E-state index contributed by atoms with van der Waals surface area (Å²) in [6.07, 6.45) is -2.66. The zero-order chi connectivity index (χ0) is 26.3. The van der Waals surface area contributed by atoms with E-state index in [0.29, 0.717) is 23.7 Å². The predicted molar refractivity (Wildman–Crippen MR) is 135 cm³/mol. The summed E-state index contributed by atoms with van der Waals surface area (Å²) in [4.78, 5) is 19.5. The van der Waals surface area contributed by atoms with E-state index >= 15 is 0 Å². The van der Waals surface area contributed by atoms with Crippen LogP contribution >= 0.6 is 24.2 Å². The fraction of sp³-hybridized carbons (Fsp3) is 0.318. The molecule has 1 saturated heterocycles. The molecule has 0 radical (unpaired) electrons. The molecule has 0 aliphatic carbocycles. The summed E-state index contributed by atoms with van der Waals surface area (Å²) in [6.45, 7) is 1.18. The number of halogens is 4. The Morgan fingerprint density at radius 2 is 1.86 bits per heavy atom. The first-order valence-corrected chi connectivity index (χ1v) is 13.1. The highest BCUT2D eigenvalue weighted by Crippen LogP contribution is 2.35. The molecule has 1 amide bonds. The molecule has 2 aliphatic rings. The number of aliphatic imine (C=N–C) groups is 1. The molecule has 2 aromatic rings. The van der Waals surface area contributed by atoms with Gasteiger partial charge >= 0.3 is 6.18 Å². The molecule has 8 nitrogen and oxygen atoms in total. The van der Waals surface area contributed by atoms with Crippen molar-refractivity contribution in [2.24, 2.45) is 4.99 Å². The summed E-state index contributed by atoms with van der Waals surface area (Å²) in [5.74, 6) is -2.10. The molecule has 0 spiro atoms. The number of fused-ring (bicyclic) bond motifs is 1.